The average molecular weight is 555 g/mol. The molecular weight excluding hydrogens is 528 g/mol. The summed E-state index contributed by atoms with van der Waals surface area (Å²) in [6.07, 6.45) is 1.35. The molecule has 2 N–H and O–H groups in total. The van der Waals surface area contributed by atoms with Crippen molar-refractivity contribution in [2.75, 3.05) is 13.2 Å². The van der Waals surface area contributed by atoms with Crippen molar-refractivity contribution >= 4 is 35.5 Å². The van der Waals surface area contributed by atoms with Gasteiger partial charge in [-0.25, -0.2) is 14.4 Å². The van der Waals surface area contributed by atoms with E-state index in [1.54, 1.807) is 32.9 Å². The van der Waals surface area contributed by atoms with Crippen molar-refractivity contribution in [1.82, 2.24) is 15.5 Å². The number of carbonyl (C=O) groups is 5. The van der Waals surface area contributed by atoms with Crippen LogP contribution >= 0.6 is 0 Å². The van der Waals surface area contributed by atoms with Crippen LogP contribution in [-0.4, -0.2) is 58.9 Å². The Labute approximate surface area is 227 Å². The number of nitro groups is 1. The van der Waals surface area contributed by atoms with Crippen molar-refractivity contribution in [3.05, 3.63) is 74.9 Å². The predicted molar refractivity (Wildman–Crippen MR) is 135 cm³/mol. The van der Waals surface area contributed by atoms with E-state index in [0.29, 0.717) is 4.90 Å². The maximum Gasteiger partial charge on any atom is 0.338 e. The molecule has 2 aromatic rings. The first-order valence-electron chi connectivity index (χ1n) is 12.4. The lowest BCUT2D eigenvalue weighted by atomic mass is 10.00. The van der Waals surface area contributed by atoms with Gasteiger partial charge in [0, 0.05) is 6.07 Å². The minimum Gasteiger partial charge on any atom is -0.467 e. The monoisotopic (exact) mass is 554 g/mol. The Morgan fingerprint density at radius 1 is 1.12 bits per heavy atom. The third-order valence-corrected chi connectivity index (χ3v) is 6.23. The van der Waals surface area contributed by atoms with E-state index in [4.69, 9.17) is 13.9 Å². The molecule has 3 heterocycles. The van der Waals surface area contributed by atoms with E-state index in [-0.39, 0.29) is 41.5 Å². The number of ether oxygens (including phenoxy) is 2. The summed E-state index contributed by atoms with van der Waals surface area (Å²) in [6, 6.07) is 3.58. The minimum absolute atomic E-state index is 0.00911. The number of furan rings is 1. The molecule has 0 saturated carbocycles. The Morgan fingerprint density at radius 3 is 2.50 bits per heavy atom. The molecule has 14 heteroatoms. The molecule has 0 unspecified atom stereocenters. The lowest BCUT2D eigenvalue weighted by Crippen LogP contribution is -2.48. The Morgan fingerprint density at radius 2 is 1.88 bits per heavy atom. The van der Waals surface area contributed by atoms with Gasteiger partial charge in [-0.3, -0.25) is 24.6 Å². The van der Waals surface area contributed by atoms with E-state index in [2.05, 4.69) is 10.6 Å². The number of urea groups is 1. The van der Waals surface area contributed by atoms with Gasteiger partial charge in [0.05, 0.1) is 34.6 Å². The minimum atomic E-state index is -1.43. The third kappa shape index (κ3) is 5.28. The normalized spacial score (nSPS) is 17.4. The summed E-state index contributed by atoms with van der Waals surface area (Å²) < 4.78 is 15.9. The van der Waals surface area contributed by atoms with Crippen molar-refractivity contribution in [3.63, 3.8) is 0 Å². The Bertz CT molecular complexity index is 1410. The standard InChI is InChI=1S/C26H26N4O10/c1-4-38-25(34)20-15(27-26(35)28-21(20)18-9-6-10-39-18)12-40-24(33)17(11-13(2)3)29-22(31)14-7-5-8-16(30(36)37)19(14)23(29)32/h5-10,13,17,21H,4,11-12H2,1-3H3,(H2,27,28,35)/t17-,21-/m0/s1. The first-order valence-corrected chi connectivity index (χ1v) is 12.4. The summed E-state index contributed by atoms with van der Waals surface area (Å²) in [6.45, 7) is 4.51. The highest BCUT2D eigenvalue weighted by atomic mass is 16.6. The number of rotatable bonds is 10. The zero-order valence-corrected chi connectivity index (χ0v) is 21.8. The van der Waals surface area contributed by atoms with E-state index in [0.717, 1.165) is 6.07 Å². The number of imide groups is 1. The molecule has 0 fully saturated rings. The molecule has 4 amide bonds. The van der Waals surface area contributed by atoms with Gasteiger partial charge in [-0.15, -0.1) is 0 Å². The smallest absolute Gasteiger partial charge is 0.338 e. The molecule has 0 bridgehead atoms. The second-order valence-corrected chi connectivity index (χ2v) is 9.35. The highest BCUT2D eigenvalue weighted by Gasteiger charge is 2.47. The number of amides is 4. The summed E-state index contributed by atoms with van der Waals surface area (Å²) in [5.74, 6) is -3.64. The fourth-order valence-electron chi connectivity index (χ4n) is 4.56. The molecule has 2 atom stereocenters. The van der Waals surface area contributed by atoms with Crippen molar-refractivity contribution in [2.45, 2.75) is 39.3 Å². The average Bonchev–Trinajstić information content (AvgIpc) is 3.52. The number of hydrogen-bond donors (Lipinski definition) is 2. The number of nitro benzene ring substituents is 1. The fraction of sp³-hybridized carbons (Fsp3) is 0.346. The molecule has 40 heavy (non-hydrogen) atoms. The number of nitrogens with zero attached hydrogens (tertiary/aromatic N) is 2. The van der Waals surface area contributed by atoms with Gasteiger partial charge >= 0.3 is 18.0 Å². The fourth-order valence-corrected chi connectivity index (χ4v) is 4.56. The molecule has 14 nitrogen and oxygen atoms in total. The molecule has 0 saturated heterocycles. The molecule has 1 aromatic heterocycles. The van der Waals surface area contributed by atoms with E-state index in [9.17, 15) is 34.1 Å². The van der Waals surface area contributed by atoms with Crippen LogP contribution in [0.15, 0.2) is 52.3 Å². The zero-order chi connectivity index (χ0) is 29.1. The predicted octanol–water partition coefficient (Wildman–Crippen LogP) is 2.61. The van der Waals surface area contributed by atoms with Gasteiger partial charge in [-0.1, -0.05) is 19.9 Å². The molecule has 4 rings (SSSR count). The maximum atomic E-state index is 13.4. The first kappa shape index (κ1) is 28.0. The van der Waals surface area contributed by atoms with E-state index < -0.39 is 64.6 Å². The summed E-state index contributed by atoms with van der Waals surface area (Å²) in [5.41, 5.74) is -1.31. The van der Waals surface area contributed by atoms with E-state index >= 15 is 0 Å². The summed E-state index contributed by atoms with van der Waals surface area (Å²) in [4.78, 5) is 76.4. The number of fused-ring (bicyclic) bond motifs is 1. The lowest BCUT2D eigenvalue weighted by Gasteiger charge is -2.29. The molecule has 2 aliphatic heterocycles. The Kier molecular flexibility index (Phi) is 7.98. The second-order valence-electron chi connectivity index (χ2n) is 9.35. The van der Waals surface area contributed by atoms with Gasteiger partial charge in [0.1, 0.15) is 30.0 Å². The van der Waals surface area contributed by atoms with Crippen molar-refractivity contribution in [3.8, 4) is 0 Å². The van der Waals surface area contributed by atoms with Crippen LogP contribution in [-0.2, 0) is 19.1 Å². The van der Waals surface area contributed by atoms with Crippen molar-refractivity contribution in [2.24, 2.45) is 5.92 Å². The van der Waals surface area contributed by atoms with E-state index in [1.807, 2.05) is 0 Å². The molecular formula is C26H26N4O10. The quantitative estimate of drug-likeness (QED) is 0.191. The first-order chi connectivity index (χ1) is 19.0. The molecule has 0 radical (unpaired) electrons. The van der Waals surface area contributed by atoms with Crippen LogP contribution in [0.1, 0.15) is 59.7 Å². The van der Waals surface area contributed by atoms with Crippen LogP contribution in [0.5, 0.6) is 0 Å². The van der Waals surface area contributed by atoms with Gasteiger partial charge in [0.2, 0.25) is 0 Å². The Hall–Kier alpha value is -5.01. The van der Waals surface area contributed by atoms with Crippen LogP contribution in [0.25, 0.3) is 0 Å². The van der Waals surface area contributed by atoms with Crippen LogP contribution in [0, 0.1) is 16.0 Å². The molecule has 0 spiro atoms. The van der Waals surface area contributed by atoms with E-state index in [1.165, 1.54) is 18.4 Å². The zero-order valence-electron chi connectivity index (χ0n) is 21.8. The largest absolute Gasteiger partial charge is 0.467 e. The number of nitrogens with one attached hydrogen (secondary N) is 2. The molecule has 1 aromatic carbocycles. The molecule has 0 aliphatic carbocycles. The second kappa shape index (κ2) is 11.4. The van der Waals surface area contributed by atoms with Gasteiger partial charge in [0.25, 0.3) is 17.5 Å². The van der Waals surface area contributed by atoms with Crippen molar-refractivity contribution in [1.29, 1.82) is 0 Å². The van der Waals surface area contributed by atoms with Crippen LogP contribution < -0.4 is 10.6 Å². The van der Waals surface area contributed by atoms with Crippen LogP contribution in [0.4, 0.5) is 10.5 Å². The van der Waals surface area contributed by atoms with Gasteiger partial charge in [0.15, 0.2) is 0 Å². The lowest BCUT2D eigenvalue weighted by molar-refractivity contribution is -0.385. The number of benzene rings is 1. The van der Waals surface area contributed by atoms with Crippen LogP contribution in [0.3, 0.4) is 0 Å². The summed E-state index contributed by atoms with van der Waals surface area (Å²) in [7, 11) is 0. The maximum absolute atomic E-state index is 13.4. The number of esters is 2. The molecule has 2 aliphatic rings. The van der Waals surface area contributed by atoms with Crippen LogP contribution in [0.2, 0.25) is 0 Å². The SMILES string of the molecule is CCOC(=O)C1=C(COC(=O)[C@H](CC(C)C)N2C(=O)c3cccc([N+](=O)[O-])c3C2=O)NC(=O)N[C@H]1c1ccco1. The molecule has 210 valence electrons. The van der Waals surface area contributed by atoms with Crippen molar-refractivity contribution < 1.29 is 42.8 Å². The third-order valence-electron chi connectivity index (χ3n) is 6.23. The van der Waals surface area contributed by atoms with Gasteiger partial charge in [-0.05, 0) is 37.5 Å². The number of carbonyl (C=O) groups excluding carboxylic acids is 5. The highest BCUT2D eigenvalue weighted by molar-refractivity contribution is 6.24. The Balaban J connectivity index is 1.65. The highest BCUT2D eigenvalue weighted by Crippen LogP contribution is 2.34. The summed E-state index contributed by atoms with van der Waals surface area (Å²) >= 11 is 0. The van der Waals surface area contributed by atoms with Gasteiger partial charge in [-0.2, -0.15) is 0 Å². The topological polar surface area (TPSA) is 187 Å². The van der Waals surface area contributed by atoms with Gasteiger partial charge < -0.3 is 24.5 Å². The summed E-state index contributed by atoms with van der Waals surface area (Å²) in [5, 5.41) is 16.5. The number of hydrogen-bond acceptors (Lipinski definition) is 10.